The maximum absolute atomic E-state index is 12.0. The molecule has 22 heavy (non-hydrogen) atoms. The van der Waals surface area contributed by atoms with Gasteiger partial charge in [0.1, 0.15) is 0 Å². The Bertz CT molecular complexity index is 716. The second-order valence-corrected chi connectivity index (χ2v) is 6.02. The maximum Gasteiger partial charge on any atom is 0.243 e. The quantitative estimate of drug-likeness (QED) is 0.660. The largest absolute Gasteiger partial charge is 0.273 e. The number of hydrogen-bond donors (Lipinski definition) is 1. The van der Waals surface area contributed by atoms with Crippen LogP contribution in [0.4, 0.5) is 0 Å². The Morgan fingerprint density at radius 2 is 1.91 bits per heavy atom. The molecule has 3 nitrogen and oxygen atoms in total. The second-order valence-electron chi connectivity index (χ2n) is 5.24. The van der Waals surface area contributed by atoms with Gasteiger partial charge >= 0.3 is 0 Å². The highest BCUT2D eigenvalue weighted by Crippen LogP contribution is 2.47. The van der Waals surface area contributed by atoms with Crippen molar-refractivity contribution in [3.05, 3.63) is 69.7 Å². The van der Waals surface area contributed by atoms with E-state index in [1.807, 2.05) is 30.3 Å². The van der Waals surface area contributed by atoms with Crippen molar-refractivity contribution in [3.8, 4) is 0 Å². The number of carbonyl (C=O) groups excluding carboxylic acids is 1. The summed E-state index contributed by atoms with van der Waals surface area (Å²) >= 11 is 12.0. The number of rotatable bonds is 4. The van der Waals surface area contributed by atoms with Crippen molar-refractivity contribution in [1.29, 1.82) is 0 Å². The van der Waals surface area contributed by atoms with Gasteiger partial charge in [-0.05, 0) is 24.0 Å². The fourth-order valence-corrected chi connectivity index (χ4v) is 2.78. The normalized spacial score (nSPS) is 20.1. The molecule has 0 radical (unpaired) electrons. The van der Waals surface area contributed by atoms with Crippen LogP contribution in [0.25, 0.3) is 0 Å². The summed E-state index contributed by atoms with van der Waals surface area (Å²) in [5, 5.41) is 4.85. The Balaban J connectivity index is 1.58. The molecule has 1 fully saturated rings. The lowest BCUT2D eigenvalue weighted by molar-refractivity contribution is -0.122. The molecule has 0 aromatic heterocycles. The molecule has 0 spiro atoms. The highest BCUT2D eigenvalue weighted by molar-refractivity contribution is 6.43. The van der Waals surface area contributed by atoms with Crippen molar-refractivity contribution in [2.75, 3.05) is 0 Å². The van der Waals surface area contributed by atoms with Gasteiger partial charge in [-0.15, -0.1) is 0 Å². The third-order valence-corrected chi connectivity index (χ3v) is 4.55. The van der Waals surface area contributed by atoms with E-state index in [0.717, 1.165) is 6.42 Å². The Morgan fingerprint density at radius 1 is 1.14 bits per heavy atom. The molecule has 0 aliphatic heterocycles. The van der Waals surface area contributed by atoms with Gasteiger partial charge in [-0.25, -0.2) is 5.43 Å². The first-order valence-corrected chi connectivity index (χ1v) is 7.74. The van der Waals surface area contributed by atoms with E-state index in [1.54, 1.807) is 18.2 Å². The van der Waals surface area contributed by atoms with Crippen LogP contribution in [-0.2, 0) is 4.79 Å². The van der Waals surface area contributed by atoms with Gasteiger partial charge in [0, 0.05) is 11.5 Å². The van der Waals surface area contributed by atoms with Crippen molar-refractivity contribution in [3.63, 3.8) is 0 Å². The highest BCUT2D eigenvalue weighted by Gasteiger charge is 2.43. The van der Waals surface area contributed by atoms with Gasteiger partial charge in [-0.3, -0.25) is 4.79 Å². The monoisotopic (exact) mass is 332 g/mol. The summed E-state index contributed by atoms with van der Waals surface area (Å²) in [7, 11) is 0. The number of nitrogens with one attached hydrogen (secondary N) is 1. The van der Waals surface area contributed by atoms with Crippen LogP contribution in [0.3, 0.4) is 0 Å². The Labute approximate surface area is 138 Å². The number of carbonyl (C=O) groups is 1. The van der Waals surface area contributed by atoms with Crippen molar-refractivity contribution >= 4 is 35.3 Å². The number of nitrogens with zero attached hydrogens (tertiary/aromatic N) is 1. The molecule has 0 bridgehead atoms. The predicted molar refractivity (Wildman–Crippen MR) is 89.5 cm³/mol. The zero-order chi connectivity index (χ0) is 15.5. The van der Waals surface area contributed by atoms with Crippen molar-refractivity contribution in [2.24, 2.45) is 11.0 Å². The number of hydrazone groups is 1. The topological polar surface area (TPSA) is 41.5 Å². The summed E-state index contributed by atoms with van der Waals surface area (Å²) in [5.41, 5.74) is 4.44. The summed E-state index contributed by atoms with van der Waals surface area (Å²) in [6.07, 6.45) is 2.37. The first-order chi connectivity index (χ1) is 10.7. The molecule has 1 aliphatic rings. The van der Waals surface area contributed by atoms with Crippen LogP contribution in [-0.4, -0.2) is 12.1 Å². The van der Waals surface area contributed by atoms with Gasteiger partial charge in [0.15, 0.2) is 0 Å². The second kappa shape index (κ2) is 6.51. The Kier molecular flexibility index (Phi) is 4.46. The van der Waals surface area contributed by atoms with Gasteiger partial charge < -0.3 is 0 Å². The molecule has 1 amide bonds. The summed E-state index contributed by atoms with van der Waals surface area (Å²) in [6, 6.07) is 15.3. The van der Waals surface area contributed by atoms with E-state index in [2.05, 4.69) is 10.5 Å². The Hall–Kier alpha value is -1.84. The molecule has 112 valence electrons. The van der Waals surface area contributed by atoms with Crippen LogP contribution >= 0.6 is 23.2 Å². The van der Waals surface area contributed by atoms with Gasteiger partial charge in [-0.1, -0.05) is 65.7 Å². The molecule has 1 N–H and O–H groups in total. The van der Waals surface area contributed by atoms with Crippen LogP contribution in [0.1, 0.15) is 23.5 Å². The summed E-state index contributed by atoms with van der Waals surface area (Å²) < 4.78 is 0. The van der Waals surface area contributed by atoms with Crippen LogP contribution < -0.4 is 5.43 Å². The lowest BCUT2D eigenvalue weighted by Crippen LogP contribution is -2.20. The lowest BCUT2D eigenvalue weighted by atomic mass is 10.1. The van der Waals surface area contributed by atoms with E-state index in [4.69, 9.17) is 23.2 Å². The molecule has 1 saturated carbocycles. The molecule has 2 aromatic carbocycles. The number of hydrogen-bond acceptors (Lipinski definition) is 2. The van der Waals surface area contributed by atoms with Crippen LogP contribution in [0.15, 0.2) is 53.6 Å². The number of benzene rings is 2. The molecule has 1 aliphatic carbocycles. The molecular formula is C17H14Cl2N2O. The molecule has 0 heterocycles. The fraction of sp³-hybridized carbons (Fsp3) is 0.176. The third kappa shape index (κ3) is 3.32. The van der Waals surface area contributed by atoms with Crippen LogP contribution in [0.2, 0.25) is 10.0 Å². The average Bonchev–Trinajstić information content (AvgIpc) is 3.33. The minimum atomic E-state index is -0.0664. The predicted octanol–water partition coefficient (Wildman–Crippen LogP) is 4.25. The number of halogens is 2. The zero-order valence-corrected chi connectivity index (χ0v) is 13.2. The van der Waals surface area contributed by atoms with Gasteiger partial charge in [0.05, 0.1) is 16.3 Å². The smallest absolute Gasteiger partial charge is 0.243 e. The summed E-state index contributed by atoms with van der Waals surface area (Å²) in [6.45, 7) is 0. The van der Waals surface area contributed by atoms with E-state index in [1.165, 1.54) is 11.8 Å². The minimum Gasteiger partial charge on any atom is -0.273 e. The fourth-order valence-electron chi connectivity index (χ4n) is 2.42. The minimum absolute atomic E-state index is 0.00520. The van der Waals surface area contributed by atoms with E-state index in [-0.39, 0.29) is 11.8 Å². The summed E-state index contributed by atoms with van der Waals surface area (Å²) in [4.78, 5) is 12.0. The first-order valence-electron chi connectivity index (χ1n) is 6.98. The van der Waals surface area contributed by atoms with Crippen molar-refractivity contribution in [2.45, 2.75) is 12.3 Å². The van der Waals surface area contributed by atoms with E-state index >= 15 is 0 Å². The van der Waals surface area contributed by atoms with E-state index in [9.17, 15) is 4.79 Å². The Morgan fingerprint density at radius 3 is 2.68 bits per heavy atom. The lowest BCUT2D eigenvalue weighted by Gasteiger charge is -2.01. The number of amides is 1. The molecule has 2 atom stereocenters. The van der Waals surface area contributed by atoms with Crippen molar-refractivity contribution in [1.82, 2.24) is 5.43 Å². The average molecular weight is 333 g/mol. The molecule has 2 aromatic rings. The van der Waals surface area contributed by atoms with Gasteiger partial charge in [-0.2, -0.15) is 5.10 Å². The molecular weight excluding hydrogens is 319 g/mol. The molecule has 0 saturated heterocycles. The maximum atomic E-state index is 12.0. The van der Waals surface area contributed by atoms with Gasteiger partial charge in [0.25, 0.3) is 0 Å². The zero-order valence-electron chi connectivity index (χ0n) is 11.7. The first kappa shape index (κ1) is 15.1. The van der Waals surface area contributed by atoms with Gasteiger partial charge in [0.2, 0.25) is 5.91 Å². The van der Waals surface area contributed by atoms with E-state index in [0.29, 0.717) is 21.5 Å². The molecule has 3 rings (SSSR count). The standard InChI is InChI=1S/C17H14Cl2N2O/c18-15-8-4-7-12(16(15)19)10-20-21-17(22)14-9-13(14)11-5-2-1-3-6-11/h1-8,10,13-14H,9H2,(H,21,22)/b20-10-/t13-,14+/m0/s1. The molecule has 5 heteroatoms. The highest BCUT2D eigenvalue weighted by atomic mass is 35.5. The van der Waals surface area contributed by atoms with Crippen LogP contribution in [0, 0.1) is 5.92 Å². The third-order valence-electron chi connectivity index (χ3n) is 3.71. The summed E-state index contributed by atoms with van der Waals surface area (Å²) in [5.74, 6) is 0.226. The SMILES string of the molecule is O=C(N/N=C\c1cccc(Cl)c1Cl)[C@@H]1C[C@H]1c1ccccc1. The van der Waals surface area contributed by atoms with Crippen molar-refractivity contribution < 1.29 is 4.79 Å². The van der Waals surface area contributed by atoms with Crippen LogP contribution in [0.5, 0.6) is 0 Å². The van der Waals surface area contributed by atoms with E-state index < -0.39 is 0 Å². The molecule has 0 unspecified atom stereocenters.